The molecular formula is C14H16N4O. The Balaban J connectivity index is 2.08. The smallest absolute Gasteiger partial charge is 0.269 e. The first-order chi connectivity index (χ1) is 9.22. The van der Waals surface area contributed by atoms with Crippen molar-refractivity contribution in [3.8, 4) is 0 Å². The minimum absolute atomic E-state index is 0.110. The van der Waals surface area contributed by atoms with Gasteiger partial charge in [0.2, 0.25) is 0 Å². The van der Waals surface area contributed by atoms with Crippen molar-refractivity contribution in [2.75, 3.05) is 11.4 Å². The minimum Gasteiger partial charge on any atom is -0.357 e. The van der Waals surface area contributed by atoms with Crippen LogP contribution < -0.4 is 16.2 Å². The zero-order valence-electron chi connectivity index (χ0n) is 10.8. The molecule has 1 aliphatic heterocycles. The van der Waals surface area contributed by atoms with Gasteiger partial charge in [-0.2, -0.15) is 5.10 Å². The second-order valence-corrected chi connectivity index (χ2v) is 4.79. The van der Waals surface area contributed by atoms with Gasteiger partial charge >= 0.3 is 0 Å². The fraction of sp³-hybridized carbons (Fsp3) is 0.286. The Morgan fingerprint density at radius 1 is 1.47 bits per heavy atom. The highest BCUT2D eigenvalue weighted by atomic mass is 16.1. The number of aromatic nitrogens is 2. The van der Waals surface area contributed by atoms with Gasteiger partial charge in [0.05, 0.1) is 17.9 Å². The van der Waals surface area contributed by atoms with Crippen LogP contribution in [0.1, 0.15) is 22.7 Å². The molecule has 1 aliphatic rings. The summed E-state index contributed by atoms with van der Waals surface area (Å²) < 4.78 is 0. The molecule has 2 aromatic rings. The summed E-state index contributed by atoms with van der Waals surface area (Å²) >= 11 is 0. The Labute approximate surface area is 111 Å². The molecule has 0 radical (unpaired) electrons. The van der Waals surface area contributed by atoms with Crippen LogP contribution in [0.3, 0.4) is 0 Å². The molecule has 2 heterocycles. The van der Waals surface area contributed by atoms with Crippen molar-refractivity contribution < 1.29 is 0 Å². The van der Waals surface area contributed by atoms with Crippen molar-refractivity contribution in [3.63, 3.8) is 0 Å². The van der Waals surface area contributed by atoms with Crippen molar-refractivity contribution in [3.05, 3.63) is 57.5 Å². The molecule has 1 unspecified atom stereocenters. The van der Waals surface area contributed by atoms with E-state index >= 15 is 0 Å². The maximum Gasteiger partial charge on any atom is 0.269 e. The Hall–Kier alpha value is -2.14. The van der Waals surface area contributed by atoms with Crippen LogP contribution in [0, 0.1) is 6.92 Å². The van der Waals surface area contributed by atoms with Gasteiger partial charge in [-0.1, -0.05) is 24.3 Å². The van der Waals surface area contributed by atoms with Crippen molar-refractivity contribution >= 4 is 5.69 Å². The summed E-state index contributed by atoms with van der Waals surface area (Å²) in [6.07, 6.45) is 1.70. The first-order valence-corrected chi connectivity index (χ1v) is 6.31. The predicted molar refractivity (Wildman–Crippen MR) is 74.0 cm³/mol. The van der Waals surface area contributed by atoms with E-state index in [-0.39, 0.29) is 11.6 Å². The minimum atomic E-state index is -0.149. The van der Waals surface area contributed by atoms with E-state index in [0.29, 0.717) is 12.1 Å². The standard InChI is InChI=1S/C14H16N4O/c1-9-13(7-16-17-14(9)19)18-8-10-4-2-3-5-11(10)12(18)6-15/h2-5,7,12H,6,8,15H2,1H3,(H,17,19). The number of nitrogens with zero attached hydrogens (tertiary/aromatic N) is 2. The SMILES string of the molecule is Cc1c(N2Cc3ccccc3C2CN)cn[nH]c1=O. The van der Waals surface area contributed by atoms with Crippen LogP contribution in [0.2, 0.25) is 0 Å². The van der Waals surface area contributed by atoms with E-state index < -0.39 is 0 Å². The van der Waals surface area contributed by atoms with E-state index in [9.17, 15) is 4.79 Å². The summed E-state index contributed by atoms with van der Waals surface area (Å²) in [5.74, 6) is 0. The van der Waals surface area contributed by atoms with Crippen molar-refractivity contribution in [2.45, 2.75) is 19.5 Å². The molecule has 5 nitrogen and oxygen atoms in total. The van der Waals surface area contributed by atoms with Gasteiger partial charge in [-0.3, -0.25) is 4.79 Å². The van der Waals surface area contributed by atoms with E-state index in [0.717, 1.165) is 12.2 Å². The third kappa shape index (κ3) is 1.82. The Bertz CT molecular complexity index is 664. The monoisotopic (exact) mass is 256 g/mol. The Morgan fingerprint density at radius 3 is 3.05 bits per heavy atom. The van der Waals surface area contributed by atoms with Crippen LogP contribution in [-0.2, 0) is 6.54 Å². The van der Waals surface area contributed by atoms with Gasteiger partial charge in [-0.15, -0.1) is 0 Å². The number of H-pyrrole nitrogens is 1. The molecule has 0 bridgehead atoms. The molecule has 0 saturated heterocycles. The number of rotatable bonds is 2. The molecule has 98 valence electrons. The molecule has 5 heteroatoms. The van der Waals surface area contributed by atoms with Crippen molar-refractivity contribution in [1.82, 2.24) is 10.2 Å². The lowest BCUT2D eigenvalue weighted by Gasteiger charge is -2.26. The summed E-state index contributed by atoms with van der Waals surface area (Å²) in [6.45, 7) is 3.10. The highest BCUT2D eigenvalue weighted by Gasteiger charge is 2.30. The molecule has 0 amide bonds. The average molecular weight is 256 g/mol. The van der Waals surface area contributed by atoms with Crippen LogP contribution in [-0.4, -0.2) is 16.7 Å². The number of anilines is 1. The summed E-state index contributed by atoms with van der Waals surface area (Å²) in [5, 5.41) is 6.36. The van der Waals surface area contributed by atoms with Gasteiger partial charge in [0.1, 0.15) is 0 Å². The first-order valence-electron chi connectivity index (χ1n) is 6.31. The Kier molecular flexibility index (Phi) is 2.83. The lowest BCUT2D eigenvalue weighted by molar-refractivity contribution is 0.673. The molecule has 0 saturated carbocycles. The van der Waals surface area contributed by atoms with Crippen LogP contribution in [0.25, 0.3) is 0 Å². The molecule has 1 aromatic carbocycles. The largest absolute Gasteiger partial charge is 0.357 e. The molecule has 0 aliphatic carbocycles. The zero-order valence-corrected chi connectivity index (χ0v) is 10.8. The van der Waals surface area contributed by atoms with Gasteiger partial charge in [0.25, 0.3) is 5.56 Å². The molecule has 0 fully saturated rings. The number of hydrogen-bond acceptors (Lipinski definition) is 4. The van der Waals surface area contributed by atoms with Gasteiger partial charge in [0.15, 0.2) is 0 Å². The summed E-state index contributed by atoms with van der Waals surface area (Å²) in [4.78, 5) is 13.8. The van der Waals surface area contributed by atoms with E-state index in [2.05, 4.69) is 27.2 Å². The number of hydrogen-bond donors (Lipinski definition) is 2. The number of aromatic amines is 1. The molecular weight excluding hydrogens is 240 g/mol. The number of nitrogens with two attached hydrogens (primary N) is 1. The van der Waals surface area contributed by atoms with Gasteiger partial charge in [-0.25, -0.2) is 5.10 Å². The van der Waals surface area contributed by atoms with Gasteiger partial charge in [0, 0.05) is 18.7 Å². The summed E-state index contributed by atoms with van der Waals surface area (Å²) in [5.41, 5.74) is 9.81. The molecule has 19 heavy (non-hydrogen) atoms. The molecule has 1 aromatic heterocycles. The first kappa shape index (κ1) is 11.9. The molecule has 3 rings (SSSR count). The lowest BCUT2D eigenvalue weighted by Crippen LogP contribution is -2.30. The molecule has 0 spiro atoms. The van der Waals surface area contributed by atoms with Crippen LogP contribution in [0.15, 0.2) is 35.3 Å². The topological polar surface area (TPSA) is 75.0 Å². The third-order valence-corrected chi connectivity index (χ3v) is 3.74. The maximum atomic E-state index is 11.7. The maximum absolute atomic E-state index is 11.7. The molecule has 1 atom stereocenters. The predicted octanol–water partition coefficient (Wildman–Crippen LogP) is 1.10. The fourth-order valence-corrected chi connectivity index (χ4v) is 2.71. The van der Waals surface area contributed by atoms with E-state index in [4.69, 9.17) is 5.73 Å². The van der Waals surface area contributed by atoms with E-state index in [1.807, 2.05) is 19.1 Å². The second kappa shape index (κ2) is 4.51. The van der Waals surface area contributed by atoms with E-state index in [1.54, 1.807) is 6.20 Å². The normalized spacial score (nSPS) is 17.6. The number of fused-ring (bicyclic) bond motifs is 1. The zero-order chi connectivity index (χ0) is 13.4. The summed E-state index contributed by atoms with van der Waals surface area (Å²) in [6, 6.07) is 8.36. The lowest BCUT2D eigenvalue weighted by atomic mass is 10.1. The fourth-order valence-electron chi connectivity index (χ4n) is 2.71. The van der Waals surface area contributed by atoms with Gasteiger partial charge < -0.3 is 10.6 Å². The van der Waals surface area contributed by atoms with Crippen molar-refractivity contribution in [1.29, 1.82) is 0 Å². The van der Waals surface area contributed by atoms with Gasteiger partial charge in [-0.05, 0) is 18.1 Å². The van der Waals surface area contributed by atoms with Crippen LogP contribution in [0.4, 0.5) is 5.69 Å². The molecule has 3 N–H and O–H groups in total. The van der Waals surface area contributed by atoms with E-state index in [1.165, 1.54) is 11.1 Å². The second-order valence-electron chi connectivity index (χ2n) is 4.79. The quantitative estimate of drug-likeness (QED) is 0.843. The highest BCUT2D eigenvalue weighted by molar-refractivity contribution is 5.57. The summed E-state index contributed by atoms with van der Waals surface area (Å²) in [7, 11) is 0. The number of benzene rings is 1. The van der Waals surface area contributed by atoms with Crippen molar-refractivity contribution in [2.24, 2.45) is 5.73 Å². The Morgan fingerprint density at radius 2 is 2.26 bits per heavy atom. The van der Waals surface area contributed by atoms with Crippen LogP contribution in [0.5, 0.6) is 0 Å². The third-order valence-electron chi connectivity index (χ3n) is 3.74. The van der Waals surface area contributed by atoms with Crippen LogP contribution >= 0.6 is 0 Å². The highest BCUT2D eigenvalue weighted by Crippen LogP contribution is 2.36. The number of nitrogens with one attached hydrogen (secondary N) is 1. The average Bonchev–Trinajstić information content (AvgIpc) is 2.80.